The SMILES string of the molecule is C[C@H](SCC(=O)NN(C)C)c1nc2ccccc2[nH]1. The Labute approximate surface area is 116 Å². The van der Waals surface area contributed by atoms with E-state index in [0.717, 1.165) is 16.9 Å². The first kappa shape index (κ1) is 13.9. The Bertz CT molecular complexity index is 534. The fourth-order valence-corrected chi connectivity index (χ4v) is 2.46. The van der Waals surface area contributed by atoms with Crippen molar-refractivity contribution in [1.29, 1.82) is 0 Å². The molecule has 5 nitrogen and oxygen atoms in total. The number of carbonyl (C=O) groups is 1. The molecule has 2 N–H and O–H groups in total. The van der Waals surface area contributed by atoms with Crippen molar-refractivity contribution in [3.8, 4) is 0 Å². The predicted octanol–water partition coefficient (Wildman–Crippen LogP) is 1.95. The number of imidazole rings is 1. The Morgan fingerprint density at radius 1 is 1.47 bits per heavy atom. The molecule has 19 heavy (non-hydrogen) atoms. The summed E-state index contributed by atoms with van der Waals surface area (Å²) in [7, 11) is 3.59. The summed E-state index contributed by atoms with van der Waals surface area (Å²) in [6, 6.07) is 7.93. The lowest BCUT2D eigenvalue weighted by molar-refractivity contribution is -0.122. The molecule has 102 valence electrons. The van der Waals surface area contributed by atoms with Crippen LogP contribution < -0.4 is 5.43 Å². The molecule has 6 heteroatoms. The van der Waals surface area contributed by atoms with E-state index >= 15 is 0 Å². The van der Waals surface area contributed by atoms with Crippen LogP contribution in [0.1, 0.15) is 18.0 Å². The summed E-state index contributed by atoms with van der Waals surface area (Å²) in [4.78, 5) is 19.4. The molecule has 0 bridgehead atoms. The molecule has 2 rings (SSSR count). The third-order valence-electron chi connectivity index (χ3n) is 2.61. The summed E-state index contributed by atoms with van der Waals surface area (Å²) >= 11 is 1.56. The summed E-state index contributed by atoms with van der Waals surface area (Å²) in [6.45, 7) is 2.05. The molecule has 0 saturated carbocycles. The molecule has 0 spiro atoms. The van der Waals surface area contributed by atoms with Crippen LogP contribution in [0.3, 0.4) is 0 Å². The van der Waals surface area contributed by atoms with Gasteiger partial charge in [-0.25, -0.2) is 9.99 Å². The fraction of sp³-hybridized carbons (Fsp3) is 0.385. The highest BCUT2D eigenvalue weighted by molar-refractivity contribution is 8.00. The van der Waals surface area contributed by atoms with E-state index in [9.17, 15) is 4.79 Å². The third kappa shape index (κ3) is 3.71. The zero-order chi connectivity index (χ0) is 13.8. The molecule has 0 saturated heterocycles. The number of fused-ring (bicyclic) bond motifs is 1. The van der Waals surface area contributed by atoms with Crippen molar-refractivity contribution < 1.29 is 4.79 Å². The lowest BCUT2D eigenvalue weighted by atomic mass is 10.3. The van der Waals surface area contributed by atoms with Crippen LogP contribution in [-0.2, 0) is 4.79 Å². The third-order valence-corrected chi connectivity index (χ3v) is 3.76. The van der Waals surface area contributed by atoms with E-state index in [2.05, 4.69) is 15.4 Å². The molecule has 1 aromatic carbocycles. The number of amides is 1. The smallest absolute Gasteiger partial charge is 0.244 e. The number of nitrogens with zero attached hydrogens (tertiary/aromatic N) is 2. The molecule has 0 aliphatic carbocycles. The molecule has 0 aliphatic rings. The van der Waals surface area contributed by atoms with Crippen molar-refractivity contribution in [1.82, 2.24) is 20.4 Å². The molecule has 1 atom stereocenters. The van der Waals surface area contributed by atoms with Crippen LogP contribution >= 0.6 is 11.8 Å². The number of H-pyrrole nitrogens is 1. The van der Waals surface area contributed by atoms with E-state index in [-0.39, 0.29) is 11.2 Å². The number of para-hydroxylation sites is 2. The number of benzene rings is 1. The van der Waals surface area contributed by atoms with Gasteiger partial charge >= 0.3 is 0 Å². The molecule has 0 unspecified atom stereocenters. The van der Waals surface area contributed by atoms with Gasteiger partial charge in [-0.1, -0.05) is 12.1 Å². The highest BCUT2D eigenvalue weighted by atomic mass is 32.2. The first-order valence-electron chi connectivity index (χ1n) is 6.09. The van der Waals surface area contributed by atoms with E-state index < -0.39 is 0 Å². The van der Waals surface area contributed by atoms with Gasteiger partial charge in [-0.05, 0) is 19.1 Å². The van der Waals surface area contributed by atoms with E-state index in [1.807, 2.05) is 31.2 Å². The van der Waals surface area contributed by atoms with E-state index in [4.69, 9.17) is 0 Å². The topological polar surface area (TPSA) is 61.0 Å². The van der Waals surface area contributed by atoms with Crippen molar-refractivity contribution >= 4 is 28.7 Å². The lowest BCUT2D eigenvalue weighted by Crippen LogP contribution is -2.37. The van der Waals surface area contributed by atoms with Gasteiger partial charge in [0.1, 0.15) is 5.82 Å². The summed E-state index contributed by atoms with van der Waals surface area (Å²) < 4.78 is 0. The summed E-state index contributed by atoms with van der Waals surface area (Å²) in [5, 5.41) is 1.80. The normalized spacial score (nSPS) is 12.8. The second kappa shape index (κ2) is 6.08. The summed E-state index contributed by atoms with van der Waals surface area (Å²) in [5.74, 6) is 1.32. The average molecular weight is 278 g/mol. The van der Waals surface area contributed by atoms with Gasteiger partial charge in [0.25, 0.3) is 0 Å². The van der Waals surface area contributed by atoms with Gasteiger partial charge in [-0.2, -0.15) is 0 Å². The first-order chi connectivity index (χ1) is 9.06. The second-order valence-electron chi connectivity index (χ2n) is 4.52. The van der Waals surface area contributed by atoms with Crippen molar-refractivity contribution in [3.63, 3.8) is 0 Å². The highest BCUT2D eigenvalue weighted by Crippen LogP contribution is 2.27. The van der Waals surface area contributed by atoms with Crippen LogP contribution in [0.2, 0.25) is 0 Å². The number of thioether (sulfide) groups is 1. The van der Waals surface area contributed by atoms with Gasteiger partial charge in [0.15, 0.2) is 0 Å². The van der Waals surface area contributed by atoms with Crippen LogP contribution in [0.15, 0.2) is 24.3 Å². The predicted molar refractivity (Wildman–Crippen MR) is 78.8 cm³/mol. The van der Waals surface area contributed by atoms with Crippen LogP contribution in [0.5, 0.6) is 0 Å². The van der Waals surface area contributed by atoms with Gasteiger partial charge in [-0.15, -0.1) is 11.8 Å². The number of carbonyl (C=O) groups excluding carboxylic acids is 1. The molecular formula is C13H18N4OS. The highest BCUT2D eigenvalue weighted by Gasteiger charge is 2.13. The standard InChI is InChI=1S/C13H18N4OS/c1-9(19-8-12(18)16-17(2)3)13-14-10-6-4-5-7-11(10)15-13/h4-7,9H,8H2,1-3H3,(H,14,15)(H,16,18)/t9-/m0/s1. The van der Waals surface area contributed by atoms with Crippen LogP contribution in [0, 0.1) is 0 Å². The Kier molecular flexibility index (Phi) is 4.44. The zero-order valence-corrected chi connectivity index (χ0v) is 12.1. The van der Waals surface area contributed by atoms with Gasteiger partial charge in [0, 0.05) is 14.1 Å². The van der Waals surface area contributed by atoms with Crippen molar-refractivity contribution in [2.75, 3.05) is 19.8 Å². The van der Waals surface area contributed by atoms with Crippen LogP contribution in [0.25, 0.3) is 11.0 Å². The minimum atomic E-state index is -0.00189. The molecule has 1 aromatic heterocycles. The zero-order valence-electron chi connectivity index (χ0n) is 11.3. The van der Waals surface area contributed by atoms with Crippen LogP contribution in [-0.4, -0.2) is 40.7 Å². The summed E-state index contributed by atoms with van der Waals surface area (Å²) in [6.07, 6.45) is 0. The van der Waals surface area contributed by atoms with Gasteiger partial charge in [0.05, 0.1) is 22.0 Å². The number of nitrogens with one attached hydrogen (secondary N) is 2. The van der Waals surface area contributed by atoms with Gasteiger partial charge < -0.3 is 4.98 Å². The maximum Gasteiger partial charge on any atom is 0.244 e. The molecule has 2 aromatic rings. The second-order valence-corrected chi connectivity index (χ2v) is 5.85. The van der Waals surface area contributed by atoms with E-state index in [1.165, 1.54) is 0 Å². The maximum atomic E-state index is 11.6. The summed E-state index contributed by atoms with van der Waals surface area (Å²) in [5.41, 5.74) is 4.71. The Hall–Kier alpha value is -1.53. The first-order valence-corrected chi connectivity index (χ1v) is 7.14. The van der Waals surface area contributed by atoms with E-state index in [1.54, 1.807) is 30.9 Å². The Morgan fingerprint density at radius 3 is 2.89 bits per heavy atom. The fourth-order valence-electron chi connectivity index (χ4n) is 1.73. The number of hydrogen-bond acceptors (Lipinski definition) is 4. The van der Waals surface area contributed by atoms with Crippen molar-refractivity contribution in [2.24, 2.45) is 0 Å². The van der Waals surface area contributed by atoms with Crippen molar-refractivity contribution in [3.05, 3.63) is 30.1 Å². The molecule has 0 fully saturated rings. The minimum Gasteiger partial charge on any atom is -0.341 e. The quantitative estimate of drug-likeness (QED) is 0.821. The minimum absolute atomic E-state index is 0.00189. The molecule has 1 amide bonds. The number of aromatic nitrogens is 2. The van der Waals surface area contributed by atoms with Crippen LogP contribution in [0.4, 0.5) is 0 Å². The monoisotopic (exact) mass is 278 g/mol. The van der Waals surface area contributed by atoms with Gasteiger partial charge in [0.2, 0.25) is 5.91 Å². The average Bonchev–Trinajstić information content (AvgIpc) is 2.78. The lowest BCUT2D eigenvalue weighted by Gasteiger charge is -2.13. The number of rotatable bonds is 5. The van der Waals surface area contributed by atoms with E-state index in [0.29, 0.717) is 5.75 Å². The molecule has 1 heterocycles. The number of aromatic amines is 1. The molecule has 0 aliphatic heterocycles. The van der Waals surface area contributed by atoms with Gasteiger partial charge in [-0.3, -0.25) is 10.2 Å². The largest absolute Gasteiger partial charge is 0.341 e. The van der Waals surface area contributed by atoms with Crippen molar-refractivity contribution in [2.45, 2.75) is 12.2 Å². The Balaban J connectivity index is 1.96. The molecular weight excluding hydrogens is 260 g/mol. The molecule has 0 radical (unpaired) electrons. The maximum absolute atomic E-state index is 11.6. The number of hydrazine groups is 1. The Morgan fingerprint density at radius 2 is 2.21 bits per heavy atom. The number of hydrogen-bond donors (Lipinski definition) is 2.